The topological polar surface area (TPSA) is 52.1 Å². The summed E-state index contributed by atoms with van der Waals surface area (Å²) in [5.41, 5.74) is 1.31. The van der Waals surface area contributed by atoms with Crippen molar-refractivity contribution in [3.63, 3.8) is 0 Å². The van der Waals surface area contributed by atoms with Gasteiger partial charge in [0.15, 0.2) is 5.96 Å². The van der Waals surface area contributed by atoms with E-state index in [0.29, 0.717) is 6.04 Å². The van der Waals surface area contributed by atoms with Crippen LogP contribution < -0.4 is 15.5 Å². The number of guanidine groups is 1. The molecule has 1 aromatic rings. The standard InChI is InChI=1S/C21H35N5O/c1-22-21(23-16-18-8-11-25(12-9-18)14-15-27-2)24-19-10-13-26(17-19)20-6-4-3-5-7-20/h3-7,18-19H,8-17H2,1-2H3,(H2,22,23,24). The molecule has 27 heavy (non-hydrogen) atoms. The van der Waals surface area contributed by atoms with Gasteiger partial charge in [0.2, 0.25) is 0 Å². The minimum atomic E-state index is 0.451. The second kappa shape index (κ2) is 10.5. The molecule has 2 saturated heterocycles. The van der Waals surface area contributed by atoms with Gasteiger partial charge in [-0.15, -0.1) is 0 Å². The summed E-state index contributed by atoms with van der Waals surface area (Å²) >= 11 is 0. The van der Waals surface area contributed by atoms with Crippen LogP contribution in [-0.2, 0) is 4.74 Å². The Labute approximate surface area is 164 Å². The van der Waals surface area contributed by atoms with E-state index in [9.17, 15) is 0 Å². The molecule has 0 radical (unpaired) electrons. The zero-order valence-corrected chi connectivity index (χ0v) is 16.9. The predicted octanol–water partition coefficient (Wildman–Crippen LogP) is 1.79. The molecule has 6 nitrogen and oxygen atoms in total. The van der Waals surface area contributed by atoms with E-state index < -0.39 is 0 Å². The van der Waals surface area contributed by atoms with E-state index in [0.717, 1.165) is 51.1 Å². The van der Waals surface area contributed by atoms with Crippen LogP contribution in [0.25, 0.3) is 0 Å². The zero-order chi connectivity index (χ0) is 18.9. The summed E-state index contributed by atoms with van der Waals surface area (Å²) in [6.07, 6.45) is 3.64. The van der Waals surface area contributed by atoms with Crippen molar-refractivity contribution in [2.75, 3.05) is 64.9 Å². The van der Waals surface area contributed by atoms with Crippen LogP contribution >= 0.6 is 0 Å². The van der Waals surface area contributed by atoms with Crippen LogP contribution in [-0.4, -0.2) is 76.9 Å². The fraction of sp³-hybridized carbons (Fsp3) is 0.667. The van der Waals surface area contributed by atoms with Crippen LogP contribution in [0.1, 0.15) is 19.3 Å². The number of nitrogens with zero attached hydrogens (tertiary/aromatic N) is 3. The van der Waals surface area contributed by atoms with Gasteiger partial charge < -0.3 is 25.2 Å². The Kier molecular flexibility index (Phi) is 7.78. The van der Waals surface area contributed by atoms with Gasteiger partial charge in [-0.25, -0.2) is 0 Å². The van der Waals surface area contributed by atoms with Crippen molar-refractivity contribution in [3.8, 4) is 0 Å². The summed E-state index contributed by atoms with van der Waals surface area (Å²) < 4.78 is 5.18. The molecule has 0 spiro atoms. The van der Waals surface area contributed by atoms with Crippen molar-refractivity contribution in [3.05, 3.63) is 30.3 Å². The van der Waals surface area contributed by atoms with E-state index >= 15 is 0 Å². The van der Waals surface area contributed by atoms with Crippen molar-refractivity contribution in [2.24, 2.45) is 10.9 Å². The molecule has 0 aliphatic carbocycles. The third kappa shape index (κ3) is 6.11. The van der Waals surface area contributed by atoms with Gasteiger partial charge in [-0.05, 0) is 50.4 Å². The van der Waals surface area contributed by atoms with Crippen LogP contribution in [0.2, 0.25) is 0 Å². The second-order valence-electron chi connectivity index (χ2n) is 7.64. The van der Waals surface area contributed by atoms with Gasteiger partial charge in [0.25, 0.3) is 0 Å². The Morgan fingerprint density at radius 1 is 1.15 bits per heavy atom. The number of likely N-dealkylation sites (tertiary alicyclic amines) is 1. The zero-order valence-electron chi connectivity index (χ0n) is 16.9. The molecule has 3 rings (SSSR count). The molecule has 150 valence electrons. The van der Waals surface area contributed by atoms with Crippen molar-refractivity contribution in [1.82, 2.24) is 15.5 Å². The molecule has 2 N–H and O–H groups in total. The third-order valence-electron chi connectivity index (χ3n) is 5.75. The van der Waals surface area contributed by atoms with Gasteiger partial charge in [0.05, 0.1) is 6.61 Å². The van der Waals surface area contributed by atoms with Gasteiger partial charge in [-0.3, -0.25) is 4.99 Å². The maximum Gasteiger partial charge on any atom is 0.191 e. The Balaban J connectivity index is 1.37. The van der Waals surface area contributed by atoms with Crippen LogP contribution in [0.4, 0.5) is 5.69 Å². The van der Waals surface area contributed by atoms with Crippen LogP contribution in [0.15, 0.2) is 35.3 Å². The number of ether oxygens (including phenoxy) is 1. The van der Waals surface area contributed by atoms with E-state index in [1.807, 2.05) is 7.05 Å². The van der Waals surface area contributed by atoms with E-state index in [1.165, 1.54) is 31.6 Å². The molecule has 1 aromatic carbocycles. The first-order chi connectivity index (χ1) is 13.3. The lowest BCUT2D eigenvalue weighted by Crippen LogP contribution is -2.47. The number of hydrogen-bond acceptors (Lipinski definition) is 4. The summed E-state index contributed by atoms with van der Waals surface area (Å²) in [5, 5.41) is 7.17. The summed E-state index contributed by atoms with van der Waals surface area (Å²) in [6.45, 7) is 7.38. The number of rotatable bonds is 7. The Hall–Kier alpha value is -1.79. The number of anilines is 1. The normalized spacial score (nSPS) is 22.2. The highest BCUT2D eigenvalue weighted by Crippen LogP contribution is 2.20. The summed E-state index contributed by atoms with van der Waals surface area (Å²) in [4.78, 5) is 9.39. The van der Waals surface area contributed by atoms with Crippen molar-refractivity contribution >= 4 is 11.6 Å². The smallest absolute Gasteiger partial charge is 0.191 e. The lowest BCUT2D eigenvalue weighted by atomic mass is 9.97. The fourth-order valence-electron chi connectivity index (χ4n) is 4.01. The molecule has 0 saturated carbocycles. The average Bonchev–Trinajstić information content (AvgIpc) is 3.19. The number of methoxy groups -OCH3 is 1. The third-order valence-corrected chi connectivity index (χ3v) is 5.75. The minimum absolute atomic E-state index is 0.451. The molecule has 0 amide bonds. The number of piperidine rings is 1. The molecule has 1 atom stereocenters. The number of para-hydroxylation sites is 1. The lowest BCUT2D eigenvalue weighted by molar-refractivity contribution is 0.121. The number of nitrogens with one attached hydrogen (secondary N) is 2. The molecular weight excluding hydrogens is 338 g/mol. The highest BCUT2D eigenvalue weighted by molar-refractivity contribution is 5.80. The first-order valence-corrected chi connectivity index (χ1v) is 10.3. The van der Waals surface area contributed by atoms with Gasteiger partial charge in [-0.2, -0.15) is 0 Å². The first-order valence-electron chi connectivity index (χ1n) is 10.3. The van der Waals surface area contributed by atoms with E-state index in [2.05, 4.69) is 55.8 Å². The van der Waals surface area contributed by atoms with E-state index in [4.69, 9.17) is 4.74 Å². The SMILES string of the molecule is CN=C(NCC1CCN(CCOC)CC1)NC1CCN(c2ccccc2)C1. The minimum Gasteiger partial charge on any atom is -0.383 e. The number of aliphatic imine (C=N–C) groups is 1. The lowest BCUT2D eigenvalue weighted by Gasteiger charge is -2.32. The van der Waals surface area contributed by atoms with E-state index in [1.54, 1.807) is 7.11 Å². The van der Waals surface area contributed by atoms with Crippen LogP contribution in [0.3, 0.4) is 0 Å². The second-order valence-corrected chi connectivity index (χ2v) is 7.64. The quantitative estimate of drug-likeness (QED) is 0.564. The summed E-state index contributed by atoms with van der Waals surface area (Å²) in [6, 6.07) is 11.1. The highest BCUT2D eigenvalue weighted by Gasteiger charge is 2.24. The maximum absolute atomic E-state index is 5.18. The number of hydrogen-bond donors (Lipinski definition) is 2. The predicted molar refractivity (Wildman–Crippen MR) is 113 cm³/mol. The van der Waals surface area contributed by atoms with Crippen molar-refractivity contribution in [1.29, 1.82) is 0 Å². The van der Waals surface area contributed by atoms with Gasteiger partial charge in [0, 0.05) is 52.1 Å². The summed E-state index contributed by atoms with van der Waals surface area (Å²) in [5.74, 6) is 1.67. The first kappa shape index (κ1) is 20.0. The van der Waals surface area contributed by atoms with Crippen molar-refractivity contribution in [2.45, 2.75) is 25.3 Å². The van der Waals surface area contributed by atoms with Gasteiger partial charge in [0.1, 0.15) is 0 Å². The Bertz CT molecular complexity index is 571. The van der Waals surface area contributed by atoms with Gasteiger partial charge in [-0.1, -0.05) is 18.2 Å². The molecule has 1 unspecified atom stereocenters. The Morgan fingerprint density at radius 3 is 2.63 bits per heavy atom. The van der Waals surface area contributed by atoms with E-state index in [-0.39, 0.29) is 0 Å². The van der Waals surface area contributed by atoms with Crippen LogP contribution in [0.5, 0.6) is 0 Å². The molecular formula is C21H35N5O. The average molecular weight is 374 g/mol. The highest BCUT2D eigenvalue weighted by atomic mass is 16.5. The molecule has 2 heterocycles. The largest absolute Gasteiger partial charge is 0.383 e. The van der Waals surface area contributed by atoms with Crippen molar-refractivity contribution < 1.29 is 4.74 Å². The Morgan fingerprint density at radius 2 is 1.93 bits per heavy atom. The monoisotopic (exact) mass is 373 g/mol. The van der Waals surface area contributed by atoms with Crippen LogP contribution in [0, 0.1) is 5.92 Å². The molecule has 2 fully saturated rings. The molecule has 0 aromatic heterocycles. The maximum atomic E-state index is 5.18. The van der Waals surface area contributed by atoms with Gasteiger partial charge >= 0.3 is 0 Å². The fourth-order valence-corrected chi connectivity index (χ4v) is 4.01. The summed E-state index contributed by atoms with van der Waals surface area (Å²) in [7, 11) is 3.64. The molecule has 6 heteroatoms. The molecule has 0 bridgehead atoms. The molecule has 2 aliphatic rings. The molecule has 2 aliphatic heterocycles. The number of benzene rings is 1.